The van der Waals surface area contributed by atoms with E-state index in [0.29, 0.717) is 0 Å². The van der Waals surface area contributed by atoms with E-state index < -0.39 is 5.41 Å². The van der Waals surface area contributed by atoms with E-state index in [9.17, 15) is 0 Å². The topological polar surface area (TPSA) is 3.24 Å². The SMILES string of the molecule is CC1(C)c2ccccc2-c2cc(-c3ccc(N(c4ccc5c(c4)C(c4ccccc4)(c4ccccc4)c4ccccc4-5)c4ccc5ccc6ccccc6c5c4)cc3)ccc21. The van der Waals surface area contributed by atoms with E-state index in [1.54, 1.807) is 0 Å². The second-order valence-corrected chi connectivity index (χ2v) is 17.3. The molecule has 61 heavy (non-hydrogen) atoms. The number of anilines is 3. The van der Waals surface area contributed by atoms with Gasteiger partial charge in [0.15, 0.2) is 0 Å². The van der Waals surface area contributed by atoms with Gasteiger partial charge in [-0.2, -0.15) is 0 Å². The quantitative estimate of drug-likeness (QED) is 0.152. The highest BCUT2D eigenvalue weighted by atomic mass is 15.1. The van der Waals surface area contributed by atoms with Gasteiger partial charge in [0.2, 0.25) is 0 Å². The van der Waals surface area contributed by atoms with Gasteiger partial charge in [0.1, 0.15) is 0 Å². The molecule has 0 saturated heterocycles. The van der Waals surface area contributed by atoms with Gasteiger partial charge in [0, 0.05) is 22.5 Å². The molecule has 0 amide bonds. The number of hydrogen-bond acceptors (Lipinski definition) is 1. The first-order valence-electron chi connectivity index (χ1n) is 21.4. The average Bonchev–Trinajstić information content (AvgIpc) is 3.75. The van der Waals surface area contributed by atoms with Crippen molar-refractivity contribution in [2.45, 2.75) is 24.7 Å². The highest BCUT2D eigenvalue weighted by Gasteiger charge is 2.46. The van der Waals surface area contributed by atoms with Crippen LogP contribution in [0.2, 0.25) is 0 Å². The molecule has 2 aliphatic rings. The minimum absolute atomic E-state index is 0.0180. The lowest BCUT2D eigenvalue weighted by molar-refractivity contribution is 0.660. The van der Waals surface area contributed by atoms with Crippen molar-refractivity contribution < 1.29 is 0 Å². The largest absolute Gasteiger partial charge is 0.310 e. The van der Waals surface area contributed by atoms with Crippen LogP contribution in [0, 0.1) is 0 Å². The molecule has 0 bridgehead atoms. The summed E-state index contributed by atoms with van der Waals surface area (Å²) in [6.45, 7) is 4.69. The van der Waals surface area contributed by atoms with Gasteiger partial charge in [-0.1, -0.05) is 196 Å². The fraction of sp³-hybridized carbons (Fsp3) is 0.0667. The van der Waals surface area contributed by atoms with E-state index >= 15 is 0 Å². The van der Waals surface area contributed by atoms with Crippen molar-refractivity contribution in [1.82, 2.24) is 0 Å². The lowest BCUT2D eigenvalue weighted by atomic mass is 9.67. The summed E-state index contributed by atoms with van der Waals surface area (Å²) in [5, 5.41) is 4.98. The van der Waals surface area contributed by atoms with Gasteiger partial charge in [-0.05, 0) is 131 Å². The first-order valence-corrected chi connectivity index (χ1v) is 21.4. The van der Waals surface area contributed by atoms with E-state index in [1.165, 1.54) is 88.3 Å². The highest BCUT2D eigenvalue weighted by molar-refractivity contribution is 6.09. The lowest BCUT2D eigenvalue weighted by Gasteiger charge is -2.35. The summed E-state index contributed by atoms with van der Waals surface area (Å²) in [7, 11) is 0. The Hall–Kier alpha value is -7.48. The maximum Gasteiger partial charge on any atom is 0.0714 e. The van der Waals surface area contributed by atoms with E-state index in [-0.39, 0.29) is 5.41 Å². The van der Waals surface area contributed by atoms with Crippen LogP contribution >= 0.6 is 0 Å². The Labute approximate surface area is 357 Å². The molecule has 2 aliphatic carbocycles. The van der Waals surface area contributed by atoms with Crippen molar-refractivity contribution in [3.63, 3.8) is 0 Å². The molecule has 0 spiro atoms. The predicted octanol–water partition coefficient (Wildman–Crippen LogP) is 15.8. The van der Waals surface area contributed by atoms with Crippen molar-refractivity contribution >= 4 is 38.6 Å². The van der Waals surface area contributed by atoms with Crippen LogP contribution in [0.4, 0.5) is 17.1 Å². The monoisotopic (exact) mass is 777 g/mol. The van der Waals surface area contributed by atoms with Gasteiger partial charge in [-0.25, -0.2) is 0 Å². The molecule has 1 heteroatoms. The van der Waals surface area contributed by atoms with Gasteiger partial charge >= 0.3 is 0 Å². The molecule has 0 unspecified atom stereocenters. The van der Waals surface area contributed by atoms with Crippen molar-refractivity contribution in [3.8, 4) is 33.4 Å². The highest BCUT2D eigenvalue weighted by Crippen LogP contribution is 2.57. The van der Waals surface area contributed by atoms with Crippen LogP contribution in [-0.4, -0.2) is 0 Å². The Kier molecular flexibility index (Phi) is 7.86. The fourth-order valence-corrected chi connectivity index (χ4v) is 10.9. The second-order valence-electron chi connectivity index (χ2n) is 17.3. The molecule has 0 radical (unpaired) electrons. The number of hydrogen-bond donors (Lipinski definition) is 0. The van der Waals surface area contributed by atoms with Gasteiger partial charge < -0.3 is 4.90 Å². The summed E-state index contributed by atoms with van der Waals surface area (Å²) >= 11 is 0. The van der Waals surface area contributed by atoms with Crippen LogP contribution in [-0.2, 0) is 10.8 Å². The molecule has 0 fully saturated rings. The molecule has 0 heterocycles. The fourth-order valence-electron chi connectivity index (χ4n) is 10.9. The van der Waals surface area contributed by atoms with E-state index in [0.717, 1.165) is 17.1 Å². The van der Waals surface area contributed by atoms with Gasteiger partial charge in [-0.15, -0.1) is 0 Å². The molecular formula is C60H43N. The first kappa shape index (κ1) is 35.5. The van der Waals surface area contributed by atoms with Gasteiger partial charge in [0.25, 0.3) is 0 Å². The average molecular weight is 778 g/mol. The van der Waals surface area contributed by atoms with Crippen LogP contribution in [0.3, 0.4) is 0 Å². The molecule has 0 N–H and O–H groups in total. The molecule has 0 saturated carbocycles. The first-order chi connectivity index (χ1) is 30.0. The number of nitrogens with zero attached hydrogens (tertiary/aromatic N) is 1. The van der Waals surface area contributed by atoms with Crippen LogP contribution in [0.25, 0.3) is 54.9 Å². The normalized spacial score (nSPS) is 14.0. The third kappa shape index (κ3) is 5.27. The molecule has 0 atom stereocenters. The standard InChI is InChI=1S/C60H43N/c1-59(2)55-23-13-11-22-51(55)54-37-43(30-36-56(54)59)40-27-31-46(32-28-40)61(47-33-29-42-26-25-41-15-9-10-20-49(41)53(42)38-47)48-34-35-52-50-21-12-14-24-57(50)60(58(52)39-48,44-16-5-3-6-17-44)45-18-7-4-8-19-45/h3-39H,1-2H3. The van der Waals surface area contributed by atoms with Crippen molar-refractivity contribution in [1.29, 1.82) is 0 Å². The van der Waals surface area contributed by atoms with Gasteiger partial charge in [0.05, 0.1) is 5.41 Å². The zero-order chi connectivity index (χ0) is 40.7. The Morgan fingerprint density at radius 3 is 1.56 bits per heavy atom. The summed E-state index contributed by atoms with van der Waals surface area (Å²) in [6.07, 6.45) is 0. The summed E-state index contributed by atoms with van der Waals surface area (Å²) < 4.78 is 0. The molecule has 10 aromatic carbocycles. The van der Waals surface area contributed by atoms with E-state index in [4.69, 9.17) is 0 Å². The summed E-state index contributed by atoms with van der Waals surface area (Å²) in [5.41, 5.74) is 18.4. The van der Waals surface area contributed by atoms with E-state index in [1.807, 2.05) is 0 Å². The Morgan fingerprint density at radius 2 is 0.820 bits per heavy atom. The van der Waals surface area contributed by atoms with Gasteiger partial charge in [-0.3, -0.25) is 0 Å². The number of benzene rings is 10. The minimum atomic E-state index is -0.500. The molecule has 10 aromatic rings. The lowest BCUT2D eigenvalue weighted by Crippen LogP contribution is -2.28. The minimum Gasteiger partial charge on any atom is -0.310 e. The van der Waals surface area contributed by atoms with E-state index in [2.05, 4.69) is 243 Å². The van der Waals surface area contributed by atoms with Crippen molar-refractivity contribution in [3.05, 3.63) is 258 Å². The maximum atomic E-state index is 2.47. The molecular weight excluding hydrogens is 735 g/mol. The molecule has 12 rings (SSSR count). The summed E-state index contributed by atoms with van der Waals surface area (Å²) in [6, 6.07) is 83.6. The van der Waals surface area contributed by atoms with Crippen molar-refractivity contribution in [2.75, 3.05) is 4.90 Å². The number of fused-ring (bicyclic) bond motifs is 9. The number of rotatable bonds is 6. The molecule has 288 valence electrons. The zero-order valence-electron chi connectivity index (χ0n) is 34.3. The zero-order valence-corrected chi connectivity index (χ0v) is 34.3. The molecule has 0 aromatic heterocycles. The summed E-state index contributed by atoms with van der Waals surface area (Å²) in [4.78, 5) is 2.45. The Balaban J connectivity index is 1.06. The molecule has 1 nitrogen and oxygen atoms in total. The predicted molar refractivity (Wildman–Crippen MR) is 256 cm³/mol. The maximum absolute atomic E-state index is 2.47. The van der Waals surface area contributed by atoms with Crippen LogP contribution in [0.15, 0.2) is 224 Å². The van der Waals surface area contributed by atoms with Crippen LogP contribution in [0.1, 0.15) is 47.2 Å². The Morgan fingerprint density at radius 1 is 0.311 bits per heavy atom. The second kappa shape index (κ2) is 13.5. The smallest absolute Gasteiger partial charge is 0.0714 e. The summed E-state index contributed by atoms with van der Waals surface area (Å²) in [5.74, 6) is 0. The Bertz CT molecular complexity index is 3280. The van der Waals surface area contributed by atoms with Crippen molar-refractivity contribution in [2.24, 2.45) is 0 Å². The molecule has 0 aliphatic heterocycles. The van der Waals surface area contributed by atoms with Crippen LogP contribution < -0.4 is 4.90 Å². The third-order valence-corrected chi connectivity index (χ3v) is 13.7. The van der Waals surface area contributed by atoms with Crippen LogP contribution in [0.5, 0.6) is 0 Å². The third-order valence-electron chi connectivity index (χ3n) is 13.7.